The van der Waals surface area contributed by atoms with Gasteiger partial charge in [0.05, 0.1) is 5.56 Å². The van der Waals surface area contributed by atoms with Crippen molar-refractivity contribution in [1.82, 2.24) is 10.6 Å². The summed E-state index contributed by atoms with van der Waals surface area (Å²) in [6.07, 6.45) is -1.13. The lowest BCUT2D eigenvalue weighted by molar-refractivity contribution is -0.127. The molecule has 102 valence electrons. The summed E-state index contributed by atoms with van der Waals surface area (Å²) < 4.78 is 4.86. The number of carbonyl (C=O) groups is 3. The molecule has 0 aromatic heterocycles. The number of benzene rings is 1. The zero-order chi connectivity index (χ0) is 14.4. The number of imide groups is 1. The van der Waals surface area contributed by atoms with Crippen LogP contribution in [0.2, 0.25) is 0 Å². The van der Waals surface area contributed by atoms with Gasteiger partial charge in [-0.3, -0.25) is 10.1 Å². The van der Waals surface area contributed by atoms with Crippen molar-refractivity contribution in [3.8, 4) is 5.75 Å². The number of ether oxygens (including phenoxy) is 1. The van der Waals surface area contributed by atoms with Crippen molar-refractivity contribution in [2.24, 2.45) is 0 Å². The van der Waals surface area contributed by atoms with E-state index in [1.165, 1.54) is 38.2 Å². The highest BCUT2D eigenvalue weighted by Crippen LogP contribution is 2.12. The SMILES string of the molecule is CNC(=O)NC(=O)[C@@H](C)OC(=O)c1cccc(O)c1. The average Bonchev–Trinajstić information content (AvgIpc) is 2.38. The Balaban J connectivity index is 2.61. The predicted octanol–water partition coefficient (Wildman–Crippen LogP) is 0.393. The lowest BCUT2D eigenvalue weighted by Crippen LogP contribution is -2.43. The van der Waals surface area contributed by atoms with Gasteiger partial charge < -0.3 is 15.2 Å². The fourth-order valence-corrected chi connectivity index (χ4v) is 1.19. The van der Waals surface area contributed by atoms with Gasteiger partial charge in [0.2, 0.25) is 0 Å². The number of phenolic OH excluding ortho intramolecular Hbond substituents is 1. The van der Waals surface area contributed by atoms with E-state index in [0.717, 1.165) is 0 Å². The first-order valence-corrected chi connectivity index (χ1v) is 5.46. The number of hydrogen-bond donors (Lipinski definition) is 3. The molecule has 0 aliphatic heterocycles. The van der Waals surface area contributed by atoms with Crippen molar-refractivity contribution in [3.05, 3.63) is 29.8 Å². The molecule has 7 heteroatoms. The Morgan fingerprint density at radius 3 is 2.58 bits per heavy atom. The third kappa shape index (κ3) is 4.30. The Hall–Kier alpha value is -2.57. The maximum absolute atomic E-state index is 11.7. The van der Waals surface area contributed by atoms with E-state index in [0.29, 0.717) is 0 Å². The summed E-state index contributed by atoms with van der Waals surface area (Å²) in [5.41, 5.74) is 0.111. The van der Waals surface area contributed by atoms with Crippen molar-refractivity contribution in [1.29, 1.82) is 0 Å². The van der Waals surface area contributed by atoms with Crippen LogP contribution in [-0.4, -0.2) is 36.2 Å². The zero-order valence-corrected chi connectivity index (χ0v) is 10.5. The van der Waals surface area contributed by atoms with E-state index in [1.807, 2.05) is 5.32 Å². The van der Waals surface area contributed by atoms with Crippen LogP contribution in [-0.2, 0) is 9.53 Å². The quantitative estimate of drug-likeness (QED) is 0.686. The lowest BCUT2D eigenvalue weighted by Gasteiger charge is -2.12. The van der Waals surface area contributed by atoms with Gasteiger partial charge in [-0.2, -0.15) is 0 Å². The van der Waals surface area contributed by atoms with Crippen molar-refractivity contribution in [3.63, 3.8) is 0 Å². The molecule has 1 aromatic rings. The summed E-state index contributed by atoms with van der Waals surface area (Å²) in [6, 6.07) is 4.84. The van der Waals surface area contributed by atoms with Crippen LogP contribution in [0.3, 0.4) is 0 Å². The highest BCUT2D eigenvalue weighted by molar-refractivity contribution is 5.98. The maximum atomic E-state index is 11.7. The van der Waals surface area contributed by atoms with Gasteiger partial charge in [0, 0.05) is 7.05 Å². The second kappa shape index (κ2) is 6.39. The molecule has 0 fully saturated rings. The van der Waals surface area contributed by atoms with Crippen LogP contribution in [0.25, 0.3) is 0 Å². The molecule has 0 bridgehead atoms. The first-order chi connectivity index (χ1) is 8.93. The molecule has 1 rings (SSSR count). The molecule has 0 aliphatic carbocycles. The number of phenols is 1. The highest BCUT2D eigenvalue weighted by Gasteiger charge is 2.20. The number of hydrogen-bond acceptors (Lipinski definition) is 5. The van der Waals surface area contributed by atoms with Crippen LogP contribution < -0.4 is 10.6 Å². The summed E-state index contributed by atoms with van der Waals surface area (Å²) in [5, 5.41) is 13.4. The van der Waals surface area contributed by atoms with Crippen molar-refractivity contribution in [2.75, 3.05) is 7.05 Å². The topological polar surface area (TPSA) is 105 Å². The fraction of sp³-hybridized carbons (Fsp3) is 0.250. The van der Waals surface area contributed by atoms with E-state index in [9.17, 15) is 19.5 Å². The Bertz CT molecular complexity index is 501. The molecule has 0 saturated heterocycles. The van der Waals surface area contributed by atoms with Crippen LogP contribution in [0, 0.1) is 0 Å². The number of carbonyl (C=O) groups excluding carboxylic acids is 3. The van der Waals surface area contributed by atoms with Crippen molar-refractivity contribution in [2.45, 2.75) is 13.0 Å². The summed E-state index contributed by atoms with van der Waals surface area (Å²) in [5.74, 6) is -1.60. The van der Waals surface area contributed by atoms with Gasteiger partial charge in [-0.15, -0.1) is 0 Å². The van der Waals surface area contributed by atoms with Gasteiger partial charge in [0.1, 0.15) is 5.75 Å². The molecule has 3 N–H and O–H groups in total. The van der Waals surface area contributed by atoms with E-state index >= 15 is 0 Å². The molecule has 3 amide bonds. The first-order valence-electron chi connectivity index (χ1n) is 5.46. The Kier molecular flexibility index (Phi) is 4.87. The third-order valence-electron chi connectivity index (χ3n) is 2.20. The number of rotatable bonds is 3. The van der Waals surface area contributed by atoms with E-state index in [1.54, 1.807) is 0 Å². The normalized spacial score (nSPS) is 11.3. The Morgan fingerprint density at radius 2 is 2.00 bits per heavy atom. The number of amides is 3. The summed E-state index contributed by atoms with van der Waals surface area (Å²) in [4.78, 5) is 34.0. The summed E-state index contributed by atoms with van der Waals surface area (Å²) in [6.45, 7) is 1.33. The standard InChI is InChI=1S/C12H14N2O5/c1-7(10(16)14-12(18)13-2)19-11(17)8-4-3-5-9(15)6-8/h3-7,15H,1-2H3,(H2,13,14,16,18)/t7-/m1/s1. The number of urea groups is 1. The second-order valence-electron chi connectivity index (χ2n) is 3.67. The minimum absolute atomic E-state index is 0.0862. The van der Waals surface area contributed by atoms with Crippen molar-refractivity contribution >= 4 is 17.9 Å². The van der Waals surface area contributed by atoms with Gasteiger partial charge in [0.15, 0.2) is 6.10 Å². The molecule has 0 heterocycles. The predicted molar refractivity (Wildman–Crippen MR) is 65.6 cm³/mol. The molecule has 0 radical (unpaired) electrons. The molecular formula is C12H14N2O5. The molecule has 0 spiro atoms. The molecule has 0 saturated carbocycles. The van der Waals surface area contributed by atoms with Gasteiger partial charge in [0.25, 0.3) is 5.91 Å². The fourth-order valence-electron chi connectivity index (χ4n) is 1.19. The largest absolute Gasteiger partial charge is 0.508 e. The van der Waals surface area contributed by atoms with Crippen molar-refractivity contribution < 1.29 is 24.2 Å². The Morgan fingerprint density at radius 1 is 1.32 bits per heavy atom. The second-order valence-corrected chi connectivity index (χ2v) is 3.67. The monoisotopic (exact) mass is 266 g/mol. The van der Waals surface area contributed by atoms with Crippen LogP contribution in [0.5, 0.6) is 5.75 Å². The van der Waals surface area contributed by atoms with Gasteiger partial charge >= 0.3 is 12.0 Å². The van der Waals surface area contributed by atoms with E-state index < -0.39 is 24.0 Å². The van der Waals surface area contributed by atoms with E-state index in [2.05, 4.69) is 5.32 Å². The van der Waals surface area contributed by atoms with Crippen LogP contribution >= 0.6 is 0 Å². The average molecular weight is 266 g/mol. The first kappa shape index (κ1) is 14.5. The summed E-state index contributed by atoms with van der Waals surface area (Å²) in [7, 11) is 1.35. The number of aromatic hydroxyl groups is 1. The molecule has 1 atom stereocenters. The molecule has 0 unspecified atom stereocenters. The lowest BCUT2D eigenvalue weighted by atomic mass is 10.2. The third-order valence-corrected chi connectivity index (χ3v) is 2.20. The van der Waals surface area contributed by atoms with Crippen LogP contribution in [0.1, 0.15) is 17.3 Å². The van der Waals surface area contributed by atoms with Gasteiger partial charge in [-0.1, -0.05) is 6.07 Å². The van der Waals surface area contributed by atoms with Crippen LogP contribution in [0.4, 0.5) is 4.79 Å². The smallest absolute Gasteiger partial charge is 0.339 e. The highest BCUT2D eigenvalue weighted by atomic mass is 16.5. The molecular weight excluding hydrogens is 252 g/mol. The number of nitrogens with one attached hydrogen (secondary N) is 2. The van der Waals surface area contributed by atoms with Gasteiger partial charge in [-0.05, 0) is 25.1 Å². The maximum Gasteiger partial charge on any atom is 0.339 e. The molecule has 0 aliphatic rings. The Labute approximate surface area is 109 Å². The molecule has 1 aromatic carbocycles. The molecule has 7 nitrogen and oxygen atoms in total. The van der Waals surface area contributed by atoms with E-state index in [4.69, 9.17) is 4.74 Å². The molecule has 19 heavy (non-hydrogen) atoms. The summed E-state index contributed by atoms with van der Waals surface area (Å²) >= 11 is 0. The zero-order valence-electron chi connectivity index (χ0n) is 10.5. The van der Waals surface area contributed by atoms with E-state index in [-0.39, 0.29) is 11.3 Å². The van der Waals surface area contributed by atoms with Gasteiger partial charge in [-0.25, -0.2) is 9.59 Å². The minimum atomic E-state index is -1.13. The van der Waals surface area contributed by atoms with Crippen LogP contribution in [0.15, 0.2) is 24.3 Å². The number of esters is 1. The minimum Gasteiger partial charge on any atom is -0.508 e.